The van der Waals surface area contributed by atoms with Gasteiger partial charge in [-0.3, -0.25) is 0 Å². The molecule has 0 bridgehead atoms. The van der Waals surface area contributed by atoms with Crippen LogP contribution in [0.4, 0.5) is 10.5 Å². The number of nitrogens with zero attached hydrogens (tertiary/aromatic N) is 1. The van der Waals surface area contributed by atoms with E-state index in [9.17, 15) is 13.2 Å². The minimum atomic E-state index is -3.30. The van der Waals surface area contributed by atoms with E-state index in [1.165, 1.54) is 14.1 Å². The molecule has 4 N–H and O–H groups in total. The van der Waals surface area contributed by atoms with Crippen LogP contribution < -0.4 is 16.4 Å². The van der Waals surface area contributed by atoms with Gasteiger partial charge in [0.05, 0.1) is 5.75 Å². The van der Waals surface area contributed by atoms with Crippen LogP contribution in [-0.4, -0.2) is 45.1 Å². The van der Waals surface area contributed by atoms with Crippen LogP contribution in [0.3, 0.4) is 0 Å². The molecule has 1 aromatic rings. The monoisotopic (exact) mass is 300 g/mol. The molecule has 8 heteroatoms. The highest BCUT2D eigenvalue weighted by molar-refractivity contribution is 7.89. The maximum absolute atomic E-state index is 11.6. The first-order valence-electron chi connectivity index (χ1n) is 6.09. The minimum Gasteiger partial charge on any atom is -0.337 e. The molecule has 0 spiro atoms. The van der Waals surface area contributed by atoms with Gasteiger partial charge >= 0.3 is 6.03 Å². The summed E-state index contributed by atoms with van der Waals surface area (Å²) in [5.41, 5.74) is 7.02. The summed E-state index contributed by atoms with van der Waals surface area (Å²) in [6, 6.07) is 6.68. The Kier molecular flexibility index (Phi) is 5.93. The van der Waals surface area contributed by atoms with Crippen molar-refractivity contribution in [3.05, 3.63) is 29.8 Å². The van der Waals surface area contributed by atoms with Gasteiger partial charge in [-0.1, -0.05) is 12.1 Å². The summed E-state index contributed by atoms with van der Waals surface area (Å²) in [4.78, 5) is 11.6. The highest BCUT2D eigenvalue weighted by Gasteiger charge is 2.13. The zero-order valence-electron chi connectivity index (χ0n) is 11.6. The van der Waals surface area contributed by atoms with Gasteiger partial charge in [0.15, 0.2) is 0 Å². The zero-order chi connectivity index (χ0) is 15.2. The second-order valence-corrected chi connectivity index (χ2v) is 6.69. The Morgan fingerprint density at radius 1 is 1.35 bits per heavy atom. The van der Waals surface area contributed by atoms with E-state index in [-0.39, 0.29) is 12.3 Å². The van der Waals surface area contributed by atoms with Gasteiger partial charge in [0, 0.05) is 32.9 Å². The SMILES string of the molecule is CN(C)S(=O)(=O)CCNC(=O)Nc1cccc(CN)c1. The van der Waals surface area contributed by atoms with E-state index < -0.39 is 16.1 Å². The molecule has 0 atom stereocenters. The Bertz CT molecular complexity index is 558. The standard InChI is InChI=1S/C12H20N4O3S/c1-16(2)20(18,19)7-6-14-12(17)15-11-5-3-4-10(8-11)9-13/h3-5,8H,6-7,9,13H2,1-2H3,(H2,14,15,17). The Morgan fingerprint density at radius 2 is 2.05 bits per heavy atom. The Balaban J connectivity index is 2.44. The van der Waals surface area contributed by atoms with Gasteiger partial charge in [-0.25, -0.2) is 17.5 Å². The van der Waals surface area contributed by atoms with Crippen LogP contribution in [0.15, 0.2) is 24.3 Å². The molecular formula is C12H20N4O3S. The van der Waals surface area contributed by atoms with Gasteiger partial charge in [-0.2, -0.15) is 0 Å². The van der Waals surface area contributed by atoms with Gasteiger partial charge in [0.2, 0.25) is 10.0 Å². The smallest absolute Gasteiger partial charge is 0.319 e. The average molecular weight is 300 g/mol. The number of sulfonamides is 1. The average Bonchev–Trinajstić information content (AvgIpc) is 2.38. The lowest BCUT2D eigenvalue weighted by molar-refractivity contribution is 0.252. The molecule has 0 fully saturated rings. The topological polar surface area (TPSA) is 105 Å². The van der Waals surface area contributed by atoms with Crippen LogP contribution in [0.2, 0.25) is 0 Å². The maximum Gasteiger partial charge on any atom is 0.319 e. The highest BCUT2D eigenvalue weighted by Crippen LogP contribution is 2.09. The predicted octanol–water partition coefficient (Wildman–Crippen LogP) is 0.158. The van der Waals surface area contributed by atoms with Crippen molar-refractivity contribution in [2.24, 2.45) is 5.73 Å². The Hall–Kier alpha value is -1.64. The summed E-state index contributed by atoms with van der Waals surface area (Å²) in [5, 5.41) is 5.11. The van der Waals surface area contributed by atoms with E-state index in [1.807, 2.05) is 6.07 Å². The van der Waals surface area contributed by atoms with Crippen molar-refractivity contribution in [2.45, 2.75) is 6.54 Å². The second kappa shape index (κ2) is 7.22. The van der Waals surface area contributed by atoms with Crippen LogP contribution in [0.25, 0.3) is 0 Å². The van der Waals surface area contributed by atoms with E-state index in [0.717, 1.165) is 9.87 Å². The third-order valence-electron chi connectivity index (χ3n) is 2.62. The first-order valence-corrected chi connectivity index (χ1v) is 7.70. The van der Waals surface area contributed by atoms with Gasteiger partial charge in [-0.05, 0) is 17.7 Å². The minimum absolute atomic E-state index is 0.0446. The molecule has 0 radical (unpaired) electrons. The number of carbonyl (C=O) groups is 1. The highest BCUT2D eigenvalue weighted by atomic mass is 32.2. The fourth-order valence-electron chi connectivity index (χ4n) is 1.43. The molecule has 1 aromatic carbocycles. The number of hydrogen-bond acceptors (Lipinski definition) is 4. The molecule has 20 heavy (non-hydrogen) atoms. The van der Waals surface area contributed by atoms with Crippen molar-refractivity contribution in [1.29, 1.82) is 0 Å². The van der Waals surface area contributed by atoms with Crippen molar-refractivity contribution < 1.29 is 13.2 Å². The molecule has 0 aliphatic rings. The van der Waals surface area contributed by atoms with Crippen LogP contribution in [0.1, 0.15) is 5.56 Å². The van der Waals surface area contributed by atoms with Crippen molar-refractivity contribution in [1.82, 2.24) is 9.62 Å². The van der Waals surface area contributed by atoms with Crippen LogP contribution in [0, 0.1) is 0 Å². The molecule has 112 valence electrons. The molecule has 1 rings (SSSR count). The molecule has 0 aliphatic heterocycles. The number of hydrogen-bond donors (Lipinski definition) is 3. The van der Waals surface area contributed by atoms with Crippen molar-refractivity contribution >= 4 is 21.7 Å². The lowest BCUT2D eigenvalue weighted by Gasteiger charge is -2.12. The van der Waals surface area contributed by atoms with Crippen LogP contribution >= 0.6 is 0 Å². The zero-order valence-corrected chi connectivity index (χ0v) is 12.4. The number of urea groups is 1. The lowest BCUT2D eigenvalue weighted by atomic mass is 10.2. The van der Waals surface area contributed by atoms with Gasteiger partial charge in [-0.15, -0.1) is 0 Å². The molecule has 2 amide bonds. The molecule has 0 saturated heterocycles. The summed E-state index contributed by atoms with van der Waals surface area (Å²) in [7, 11) is -0.399. The summed E-state index contributed by atoms with van der Waals surface area (Å²) in [5.74, 6) is -0.143. The fraction of sp³-hybridized carbons (Fsp3) is 0.417. The Labute approximate surface area is 119 Å². The molecule has 0 aromatic heterocycles. The molecule has 0 saturated carbocycles. The molecular weight excluding hydrogens is 280 g/mol. The summed E-state index contributed by atoms with van der Waals surface area (Å²) in [6.07, 6.45) is 0. The predicted molar refractivity (Wildman–Crippen MR) is 78.8 cm³/mol. The number of amides is 2. The Morgan fingerprint density at radius 3 is 2.65 bits per heavy atom. The fourth-order valence-corrected chi connectivity index (χ4v) is 2.15. The third kappa shape index (κ3) is 5.16. The maximum atomic E-state index is 11.6. The number of benzene rings is 1. The quantitative estimate of drug-likeness (QED) is 0.696. The normalized spacial score (nSPS) is 11.4. The van der Waals surface area contributed by atoms with E-state index in [1.54, 1.807) is 18.2 Å². The number of carbonyl (C=O) groups excluding carboxylic acids is 1. The summed E-state index contributed by atoms with van der Waals surface area (Å²) in [6.45, 7) is 0.432. The number of rotatable bonds is 6. The van der Waals surface area contributed by atoms with Crippen LogP contribution in [0.5, 0.6) is 0 Å². The van der Waals surface area contributed by atoms with E-state index >= 15 is 0 Å². The largest absolute Gasteiger partial charge is 0.337 e. The number of nitrogens with two attached hydrogens (primary N) is 1. The van der Waals surface area contributed by atoms with Gasteiger partial charge < -0.3 is 16.4 Å². The molecule has 0 heterocycles. The van der Waals surface area contributed by atoms with E-state index in [4.69, 9.17) is 5.73 Å². The molecule has 0 aliphatic carbocycles. The molecule has 7 nitrogen and oxygen atoms in total. The van der Waals surface area contributed by atoms with Crippen molar-refractivity contribution in [3.8, 4) is 0 Å². The van der Waals surface area contributed by atoms with E-state index in [2.05, 4.69) is 10.6 Å². The van der Waals surface area contributed by atoms with Crippen LogP contribution in [-0.2, 0) is 16.6 Å². The molecule has 0 unspecified atom stereocenters. The number of nitrogens with one attached hydrogen (secondary N) is 2. The lowest BCUT2D eigenvalue weighted by Crippen LogP contribution is -2.36. The van der Waals surface area contributed by atoms with Gasteiger partial charge in [0.25, 0.3) is 0 Å². The third-order valence-corrected chi connectivity index (χ3v) is 4.46. The summed E-state index contributed by atoms with van der Waals surface area (Å²) < 4.78 is 24.1. The number of anilines is 1. The summed E-state index contributed by atoms with van der Waals surface area (Å²) >= 11 is 0. The second-order valence-electron chi connectivity index (χ2n) is 4.38. The van der Waals surface area contributed by atoms with Gasteiger partial charge in [0.1, 0.15) is 0 Å². The van der Waals surface area contributed by atoms with Crippen molar-refractivity contribution in [2.75, 3.05) is 31.7 Å². The first-order chi connectivity index (χ1) is 9.35. The van der Waals surface area contributed by atoms with Crippen molar-refractivity contribution in [3.63, 3.8) is 0 Å². The van der Waals surface area contributed by atoms with E-state index in [0.29, 0.717) is 12.2 Å². The first kappa shape index (κ1) is 16.4.